The van der Waals surface area contributed by atoms with E-state index in [0.29, 0.717) is 32.9 Å². The Hall–Kier alpha value is -3.28. The Bertz CT molecular complexity index is 1300. The number of pyridine rings is 1. The topological polar surface area (TPSA) is 71.8 Å². The van der Waals surface area contributed by atoms with Crippen LogP contribution in [0.1, 0.15) is 47.4 Å². The molecule has 0 bridgehead atoms. The lowest BCUT2D eigenvalue weighted by Crippen LogP contribution is -2.45. The summed E-state index contributed by atoms with van der Waals surface area (Å²) in [6, 6.07) is 6.76. The molecule has 0 saturated heterocycles. The maximum Gasteiger partial charge on any atom is 0.264 e. The second-order valence-electron chi connectivity index (χ2n) is 7.12. The summed E-state index contributed by atoms with van der Waals surface area (Å²) < 4.78 is 1.50. The van der Waals surface area contributed by atoms with E-state index in [2.05, 4.69) is 4.98 Å². The van der Waals surface area contributed by atoms with E-state index in [1.807, 2.05) is 19.9 Å². The third-order valence-corrected chi connectivity index (χ3v) is 5.54. The molecule has 27 heavy (non-hydrogen) atoms. The Labute approximate surface area is 154 Å². The average molecular weight is 359 g/mol. The third-order valence-electron chi connectivity index (χ3n) is 5.54. The number of carbonyl (C=O) groups excluding carboxylic acids is 2. The van der Waals surface area contributed by atoms with Crippen LogP contribution in [-0.4, -0.2) is 32.1 Å². The molecule has 0 fully saturated rings. The van der Waals surface area contributed by atoms with Crippen molar-refractivity contribution in [1.82, 2.24) is 14.3 Å². The van der Waals surface area contributed by atoms with Gasteiger partial charge in [0.25, 0.3) is 17.4 Å². The summed E-state index contributed by atoms with van der Waals surface area (Å²) in [4.78, 5) is 44.8. The number of imide groups is 1. The highest BCUT2D eigenvalue weighted by Gasteiger charge is 2.36. The maximum absolute atomic E-state index is 13.1. The van der Waals surface area contributed by atoms with E-state index in [1.54, 1.807) is 30.6 Å². The van der Waals surface area contributed by atoms with Crippen molar-refractivity contribution in [3.8, 4) is 0 Å². The van der Waals surface area contributed by atoms with Gasteiger partial charge in [-0.1, -0.05) is 13.3 Å². The van der Waals surface area contributed by atoms with Crippen LogP contribution in [0.25, 0.3) is 27.2 Å². The second kappa shape index (κ2) is 5.36. The van der Waals surface area contributed by atoms with Crippen LogP contribution in [0.3, 0.4) is 0 Å². The molecule has 5 rings (SSSR count). The Balaban J connectivity index is 1.91. The molecule has 3 heterocycles. The van der Waals surface area contributed by atoms with Crippen LogP contribution in [0.4, 0.5) is 0 Å². The molecule has 0 radical (unpaired) electrons. The minimum absolute atomic E-state index is 0.175. The molecule has 134 valence electrons. The van der Waals surface area contributed by atoms with Crippen molar-refractivity contribution in [2.75, 3.05) is 0 Å². The fraction of sp³-hybridized carbons (Fsp3) is 0.238. The summed E-state index contributed by atoms with van der Waals surface area (Å²) in [6.45, 7) is 3.93. The van der Waals surface area contributed by atoms with Gasteiger partial charge in [0.15, 0.2) is 0 Å². The monoisotopic (exact) mass is 359 g/mol. The Morgan fingerprint density at radius 2 is 1.63 bits per heavy atom. The van der Waals surface area contributed by atoms with E-state index < -0.39 is 0 Å². The van der Waals surface area contributed by atoms with Crippen LogP contribution in [0.15, 0.2) is 41.5 Å². The lowest BCUT2D eigenvalue weighted by Gasteiger charge is -2.32. The van der Waals surface area contributed by atoms with Gasteiger partial charge in [0.2, 0.25) is 0 Å². The normalized spacial score (nSPS) is 15.4. The predicted octanol–water partition coefficient (Wildman–Crippen LogP) is 3.22. The number of hydrogen-bond acceptors (Lipinski definition) is 4. The third kappa shape index (κ3) is 1.90. The Morgan fingerprint density at radius 3 is 2.30 bits per heavy atom. The first-order chi connectivity index (χ1) is 13.0. The summed E-state index contributed by atoms with van der Waals surface area (Å²) in [6.07, 6.45) is 4.85. The molecule has 0 aliphatic carbocycles. The highest BCUT2D eigenvalue weighted by atomic mass is 16.2. The Kier molecular flexibility index (Phi) is 3.16. The number of rotatable bonds is 3. The number of fused-ring (bicyclic) bond motifs is 2. The van der Waals surface area contributed by atoms with Gasteiger partial charge in [-0.15, -0.1) is 0 Å². The number of nitrogens with zero attached hydrogens (tertiary/aromatic N) is 3. The van der Waals surface area contributed by atoms with Crippen molar-refractivity contribution >= 4 is 39.0 Å². The molecule has 0 saturated carbocycles. The zero-order valence-corrected chi connectivity index (χ0v) is 15.0. The first kappa shape index (κ1) is 15.9. The molecule has 1 atom stereocenters. The van der Waals surface area contributed by atoms with Crippen LogP contribution in [0.2, 0.25) is 0 Å². The summed E-state index contributed by atoms with van der Waals surface area (Å²) >= 11 is 0. The summed E-state index contributed by atoms with van der Waals surface area (Å²) in [7, 11) is 0. The van der Waals surface area contributed by atoms with Gasteiger partial charge in [-0.25, -0.2) is 4.98 Å². The van der Waals surface area contributed by atoms with Crippen LogP contribution < -0.4 is 5.56 Å². The number of imidazole rings is 1. The average Bonchev–Trinajstić information content (AvgIpc) is 3.15. The van der Waals surface area contributed by atoms with Crippen molar-refractivity contribution in [1.29, 1.82) is 0 Å². The lowest BCUT2D eigenvalue weighted by molar-refractivity contribution is 0.0544. The van der Waals surface area contributed by atoms with Crippen molar-refractivity contribution in [3.63, 3.8) is 0 Å². The van der Waals surface area contributed by atoms with Gasteiger partial charge >= 0.3 is 0 Å². The van der Waals surface area contributed by atoms with Crippen LogP contribution in [0.5, 0.6) is 0 Å². The minimum atomic E-state index is -0.293. The van der Waals surface area contributed by atoms with Gasteiger partial charge in [-0.05, 0) is 37.6 Å². The van der Waals surface area contributed by atoms with Crippen molar-refractivity contribution in [3.05, 3.63) is 58.1 Å². The largest absolute Gasteiger partial charge is 0.272 e. The lowest BCUT2D eigenvalue weighted by atomic mass is 9.89. The zero-order valence-electron chi connectivity index (χ0n) is 15.0. The smallest absolute Gasteiger partial charge is 0.264 e. The fourth-order valence-corrected chi connectivity index (χ4v) is 4.31. The summed E-state index contributed by atoms with van der Waals surface area (Å²) in [5, 5.41) is 2.48. The number of carbonyl (C=O) groups is 2. The highest BCUT2D eigenvalue weighted by Crippen LogP contribution is 2.37. The van der Waals surface area contributed by atoms with E-state index in [9.17, 15) is 14.4 Å². The van der Waals surface area contributed by atoms with Crippen LogP contribution >= 0.6 is 0 Å². The molecule has 0 N–H and O–H groups in total. The van der Waals surface area contributed by atoms with E-state index in [4.69, 9.17) is 0 Å². The first-order valence-electron chi connectivity index (χ1n) is 9.10. The van der Waals surface area contributed by atoms with E-state index in [-0.39, 0.29) is 23.4 Å². The van der Waals surface area contributed by atoms with Gasteiger partial charge in [-0.3, -0.25) is 23.7 Å². The molecule has 4 aromatic rings. The SMILES string of the molecule is CCCC(C)N1C(=O)c2ccc3c(=O)n4ccnc4c4ccc(c2c34)C1=O. The molecular formula is C21H17N3O3. The molecule has 1 unspecified atom stereocenters. The quantitative estimate of drug-likeness (QED) is 0.527. The molecule has 2 aromatic carbocycles. The number of aromatic nitrogens is 2. The van der Waals surface area contributed by atoms with Crippen molar-refractivity contribution < 1.29 is 9.59 Å². The van der Waals surface area contributed by atoms with Crippen molar-refractivity contribution in [2.45, 2.75) is 32.7 Å². The molecule has 2 aromatic heterocycles. The molecule has 2 amide bonds. The molecule has 6 nitrogen and oxygen atoms in total. The molecular weight excluding hydrogens is 342 g/mol. The number of hydrogen-bond donors (Lipinski definition) is 0. The van der Waals surface area contributed by atoms with Crippen molar-refractivity contribution in [2.24, 2.45) is 0 Å². The number of amides is 2. The molecule has 6 heteroatoms. The maximum atomic E-state index is 13.1. The highest BCUT2D eigenvalue weighted by molar-refractivity contribution is 6.31. The van der Waals surface area contributed by atoms with Crippen LogP contribution in [0, 0.1) is 0 Å². The first-order valence-corrected chi connectivity index (χ1v) is 9.10. The van der Waals surface area contributed by atoms with E-state index in [0.717, 1.165) is 18.2 Å². The van der Waals surface area contributed by atoms with Gasteiger partial charge in [0.1, 0.15) is 5.65 Å². The fourth-order valence-electron chi connectivity index (χ4n) is 4.31. The minimum Gasteiger partial charge on any atom is -0.272 e. The predicted molar refractivity (Wildman–Crippen MR) is 103 cm³/mol. The zero-order chi connectivity index (χ0) is 18.9. The van der Waals surface area contributed by atoms with Gasteiger partial charge < -0.3 is 0 Å². The molecule has 1 aliphatic rings. The van der Waals surface area contributed by atoms with Gasteiger partial charge in [0.05, 0.1) is 0 Å². The standard InChI is InChI=1S/C21H17N3O3/c1-3-4-11(2)24-20(26)14-6-5-12-16-13(7-8-15(17(14)16)21(24)27)19(25)23-10-9-22-18(12)23/h5-11H,3-4H2,1-2H3. The molecule has 0 spiro atoms. The second-order valence-corrected chi connectivity index (χ2v) is 7.12. The summed E-state index contributed by atoms with van der Waals surface area (Å²) in [5.74, 6) is -0.586. The van der Waals surface area contributed by atoms with Gasteiger partial charge in [0, 0.05) is 51.1 Å². The van der Waals surface area contributed by atoms with E-state index >= 15 is 0 Å². The van der Waals surface area contributed by atoms with E-state index in [1.165, 1.54) is 9.30 Å². The molecule has 1 aliphatic heterocycles. The van der Waals surface area contributed by atoms with Gasteiger partial charge in [-0.2, -0.15) is 0 Å². The van der Waals surface area contributed by atoms with Crippen LogP contribution in [-0.2, 0) is 0 Å². The number of benzene rings is 2. The summed E-state index contributed by atoms with van der Waals surface area (Å²) in [5.41, 5.74) is 1.29. The Morgan fingerprint density at radius 1 is 0.963 bits per heavy atom.